The normalized spacial score (nSPS) is 10.6. The van der Waals surface area contributed by atoms with Crippen LogP contribution in [-0.4, -0.2) is 19.8 Å². The molecule has 0 aliphatic heterocycles. The molecule has 0 atom stereocenters. The number of nitrogens with zero attached hydrogens (tertiary/aromatic N) is 3. The first kappa shape index (κ1) is 12.5. The fraction of sp³-hybridized carbons (Fsp3) is 0.250. The molecular weight excluding hydrogens is 248 g/mol. The predicted octanol–water partition coefficient (Wildman–Crippen LogP) is 2.29. The minimum atomic E-state index is 0.272. The maximum Gasteiger partial charge on any atom is 0.165 e. The van der Waals surface area contributed by atoms with Gasteiger partial charge in [0.05, 0.1) is 24.3 Å². The van der Waals surface area contributed by atoms with Crippen molar-refractivity contribution in [2.45, 2.75) is 19.9 Å². The van der Waals surface area contributed by atoms with Crippen LogP contribution < -0.4 is 10.5 Å². The third kappa shape index (κ3) is 2.84. The molecular formula is C12H14N4OS. The second kappa shape index (κ2) is 5.14. The summed E-state index contributed by atoms with van der Waals surface area (Å²) in [5.41, 5.74) is 6.05. The molecule has 0 saturated carbocycles. The second-order valence-corrected chi connectivity index (χ2v) is 4.54. The molecule has 0 bridgehead atoms. The van der Waals surface area contributed by atoms with E-state index in [1.54, 1.807) is 24.5 Å². The van der Waals surface area contributed by atoms with Gasteiger partial charge in [-0.2, -0.15) is 5.10 Å². The minimum Gasteiger partial charge on any atom is -0.452 e. The molecule has 2 aromatic rings. The van der Waals surface area contributed by atoms with E-state index in [0.717, 1.165) is 0 Å². The van der Waals surface area contributed by atoms with Crippen molar-refractivity contribution >= 4 is 17.2 Å². The molecule has 0 fully saturated rings. The Morgan fingerprint density at radius 2 is 2.11 bits per heavy atom. The molecule has 0 unspecified atom stereocenters. The molecule has 2 aromatic heterocycles. The van der Waals surface area contributed by atoms with Crippen molar-refractivity contribution in [2.75, 3.05) is 0 Å². The first-order valence-electron chi connectivity index (χ1n) is 5.54. The summed E-state index contributed by atoms with van der Waals surface area (Å²) in [7, 11) is 0. The smallest absolute Gasteiger partial charge is 0.165 e. The van der Waals surface area contributed by atoms with Crippen LogP contribution >= 0.6 is 12.2 Å². The van der Waals surface area contributed by atoms with E-state index in [2.05, 4.69) is 23.9 Å². The Hall–Kier alpha value is -1.95. The molecule has 18 heavy (non-hydrogen) atoms. The van der Waals surface area contributed by atoms with Gasteiger partial charge in [-0.05, 0) is 26.0 Å². The maximum atomic E-state index is 5.61. The summed E-state index contributed by atoms with van der Waals surface area (Å²) in [6.45, 7) is 4.10. The van der Waals surface area contributed by atoms with E-state index < -0.39 is 0 Å². The molecule has 0 radical (unpaired) electrons. The highest BCUT2D eigenvalue weighted by Gasteiger charge is 2.04. The zero-order valence-electron chi connectivity index (χ0n) is 10.2. The Morgan fingerprint density at radius 1 is 1.33 bits per heavy atom. The zero-order chi connectivity index (χ0) is 13.1. The Bertz CT molecular complexity index is 547. The van der Waals surface area contributed by atoms with Gasteiger partial charge in [-0.3, -0.25) is 4.68 Å². The van der Waals surface area contributed by atoms with Crippen molar-refractivity contribution in [2.24, 2.45) is 5.73 Å². The Morgan fingerprint density at radius 3 is 2.61 bits per heavy atom. The third-order valence-electron chi connectivity index (χ3n) is 2.33. The molecule has 2 heterocycles. The molecule has 94 valence electrons. The fourth-order valence-corrected chi connectivity index (χ4v) is 1.50. The van der Waals surface area contributed by atoms with Gasteiger partial charge in [-0.15, -0.1) is 0 Å². The number of hydrogen-bond acceptors (Lipinski definition) is 4. The van der Waals surface area contributed by atoms with E-state index >= 15 is 0 Å². The fourth-order valence-electron chi connectivity index (χ4n) is 1.38. The summed E-state index contributed by atoms with van der Waals surface area (Å²) in [5.74, 6) is 1.30. The van der Waals surface area contributed by atoms with Crippen molar-refractivity contribution in [1.82, 2.24) is 14.8 Å². The maximum absolute atomic E-state index is 5.61. The van der Waals surface area contributed by atoms with Gasteiger partial charge >= 0.3 is 0 Å². The van der Waals surface area contributed by atoms with Crippen LogP contribution in [0.2, 0.25) is 0 Å². The topological polar surface area (TPSA) is 66.0 Å². The van der Waals surface area contributed by atoms with Gasteiger partial charge in [0.15, 0.2) is 5.75 Å². The Labute approximate surface area is 111 Å². The number of thiocarbonyl (C=S) groups is 1. The molecule has 0 aliphatic carbocycles. The van der Waals surface area contributed by atoms with E-state index in [0.29, 0.717) is 23.2 Å². The molecule has 0 spiro atoms. The molecule has 0 amide bonds. The third-order valence-corrected chi connectivity index (χ3v) is 2.54. The van der Waals surface area contributed by atoms with E-state index in [9.17, 15) is 0 Å². The number of hydrogen-bond donors (Lipinski definition) is 1. The number of nitrogens with two attached hydrogens (primary N) is 1. The largest absolute Gasteiger partial charge is 0.452 e. The first-order chi connectivity index (χ1) is 8.56. The van der Waals surface area contributed by atoms with Gasteiger partial charge in [0.1, 0.15) is 10.7 Å². The van der Waals surface area contributed by atoms with Gasteiger partial charge in [0.25, 0.3) is 0 Å². The van der Waals surface area contributed by atoms with E-state index in [4.69, 9.17) is 22.7 Å². The summed E-state index contributed by atoms with van der Waals surface area (Å²) in [6.07, 6.45) is 5.09. The molecule has 5 nitrogen and oxygen atoms in total. The highest BCUT2D eigenvalue weighted by molar-refractivity contribution is 7.80. The summed E-state index contributed by atoms with van der Waals surface area (Å²) in [5, 5.41) is 4.19. The lowest BCUT2D eigenvalue weighted by molar-refractivity contribution is 0.475. The number of rotatable bonds is 4. The van der Waals surface area contributed by atoms with Crippen LogP contribution in [0.1, 0.15) is 25.6 Å². The second-order valence-electron chi connectivity index (χ2n) is 4.10. The quantitative estimate of drug-likeness (QED) is 0.856. The average Bonchev–Trinajstić information content (AvgIpc) is 2.78. The molecule has 6 heteroatoms. The van der Waals surface area contributed by atoms with Crippen LogP contribution in [0, 0.1) is 0 Å². The SMILES string of the molecule is CC(C)n1cc(Oc2ccc(C(N)=S)nc2)cn1. The van der Waals surface area contributed by atoms with Gasteiger partial charge < -0.3 is 10.5 Å². The van der Waals surface area contributed by atoms with Crippen molar-refractivity contribution in [1.29, 1.82) is 0 Å². The van der Waals surface area contributed by atoms with Crippen molar-refractivity contribution < 1.29 is 4.74 Å². The molecule has 2 rings (SSSR count). The van der Waals surface area contributed by atoms with Crippen molar-refractivity contribution in [3.8, 4) is 11.5 Å². The highest BCUT2D eigenvalue weighted by Crippen LogP contribution is 2.20. The van der Waals surface area contributed by atoms with E-state index in [1.807, 2.05) is 10.9 Å². The van der Waals surface area contributed by atoms with Crippen molar-refractivity contribution in [3.05, 3.63) is 36.4 Å². The first-order valence-corrected chi connectivity index (χ1v) is 5.95. The summed E-state index contributed by atoms with van der Waals surface area (Å²) in [6, 6.07) is 3.80. The number of ether oxygens (including phenoxy) is 1. The lowest BCUT2D eigenvalue weighted by Crippen LogP contribution is -2.10. The van der Waals surface area contributed by atoms with Crippen molar-refractivity contribution in [3.63, 3.8) is 0 Å². The Balaban J connectivity index is 2.10. The monoisotopic (exact) mass is 262 g/mol. The lowest BCUT2D eigenvalue weighted by atomic mass is 10.3. The average molecular weight is 262 g/mol. The summed E-state index contributed by atoms with van der Waals surface area (Å²) >= 11 is 4.83. The number of pyridine rings is 1. The van der Waals surface area contributed by atoms with Crippen LogP contribution in [0.25, 0.3) is 0 Å². The van der Waals surface area contributed by atoms with Gasteiger partial charge in [-0.25, -0.2) is 4.98 Å². The zero-order valence-corrected chi connectivity index (χ0v) is 11.0. The van der Waals surface area contributed by atoms with Crippen LogP contribution in [-0.2, 0) is 0 Å². The predicted molar refractivity (Wildman–Crippen MR) is 72.8 cm³/mol. The van der Waals surface area contributed by atoms with E-state index in [1.165, 1.54) is 0 Å². The standard InChI is InChI=1S/C12H14N4OS/c1-8(2)16-7-10(6-15-16)17-9-3-4-11(12(13)18)14-5-9/h3-8H,1-2H3,(H2,13,18). The molecule has 0 aliphatic rings. The van der Waals surface area contributed by atoms with Crippen LogP contribution in [0.3, 0.4) is 0 Å². The van der Waals surface area contributed by atoms with Gasteiger partial charge in [-0.1, -0.05) is 12.2 Å². The summed E-state index contributed by atoms with van der Waals surface area (Å²) in [4.78, 5) is 4.37. The number of aromatic nitrogens is 3. The van der Waals surface area contributed by atoms with Gasteiger partial charge in [0, 0.05) is 6.04 Å². The molecule has 2 N–H and O–H groups in total. The van der Waals surface area contributed by atoms with Crippen LogP contribution in [0.5, 0.6) is 11.5 Å². The lowest BCUT2D eigenvalue weighted by Gasteiger charge is -2.04. The van der Waals surface area contributed by atoms with E-state index in [-0.39, 0.29) is 4.99 Å². The molecule has 0 aromatic carbocycles. The van der Waals surface area contributed by atoms with Crippen LogP contribution in [0.15, 0.2) is 30.7 Å². The highest BCUT2D eigenvalue weighted by atomic mass is 32.1. The van der Waals surface area contributed by atoms with Crippen LogP contribution in [0.4, 0.5) is 0 Å². The molecule has 0 saturated heterocycles. The van der Waals surface area contributed by atoms with Gasteiger partial charge in [0.2, 0.25) is 0 Å². The summed E-state index contributed by atoms with van der Waals surface area (Å²) < 4.78 is 7.44. The minimum absolute atomic E-state index is 0.272. The Kier molecular flexibility index (Phi) is 3.57.